The van der Waals surface area contributed by atoms with Crippen molar-refractivity contribution < 1.29 is 14.5 Å². The second-order valence-corrected chi connectivity index (χ2v) is 7.28. The summed E-state index contributed by atoms with van der Waals surface area (Å²) in [6.45, 7) is 5.22. The Kier molecular flexibility index (Phi) is 6.61. The number of hydrogen-bond donors (Lipinski definition) is 2. The second kappa shape index (κ2) is 9.34. The zero-order valence-corrected chi connectivity index (χ0v) is 17.1. The Labute approximate surface area is 174 Å². The third kappa shape index (κ3) is 5.11. The lowest BCUT2D eigenvalue weighted by atomic mass is 10.0. The Morgan fingerprint density at radius 3 is 2.57 bits per heavy atom. The van der Waals surface area contributed by atoms with Crippen LogP contribution >= 0.6 is 0 Å². The van der Waals surface area contributed by atoms with E-state index in [-0.39, 0.29) is 17.4 Å². The summed E-state index contributed by atoms with van der Waals surface area (Å²) in [5, 5.41) is 16.4. The number of nitrogens with one attached hydrogen (secondary N) is 2. The van der Waals surface area contributed by atoms with Crippen molar-refractivity contribution in [2.24, 2.45) is 0 Å². The van der Waals surface area contributed by atoms with Crippen LogP contribution in [0, 0.1) is 17.0 Å². The fourth-order valence-corrected chi connectivity index (χ4v) is 3.51. The van der Waals surface area contributed by atoms with E-state index in [1.54, 1.807) is 12.1 Å². The molecule has 1 aromatic heterocycles. The van der Waals surface area contributed by atoms with Crippen LogP contribution in [0.5, 0.6) is 0 Å². The van der Waals surface area contributed by atoms with Gasteiger partial charge in [0.25, 0.3) is 5.69 Å². The highest BCUT2D eigenvalue weighted by Gasteiger charge is 2.24. The van der Waals surface area contributed by atoms with Crippen LogP contribution in [0.15, 0.2) is 36.4 Å². The lowest BCUT2D eigenvalue weighted by Crippen LogP contribution is -2.47. The first kappa shape index (κ1) is 21.2. The minimum absolute atomic E-state index is 0.0761. The minimum Gasteiger partial charge on any atom is -0.356 e. The van der Waals surface area contributed by atoms with Crippen LogP contribution in [-0.2, 0) is 16.0 Å². The van der Waals surface area contributed by atoms with Gasteiger partial charge < -0.3 is 15.5 Å². The molecule has 2 heterocycles. The Hall–Kier alpha value is -3.49. The first-order valence-electron chi connectivity index (χ1n) is 9.95. The van der Waals surface area contributed by atoms with Crippen LogP contribution in [0.2, 0.25) is 0 Å². The summed E-state index contributed by atoms with van der Waals surface area (Å²) in [6, 6.07) is 10.2. The molecule has 158 valence electrons. The van der Waals surface area contributed by atoms with Crippen LogP contribution in [-0.4, -0.2) is 40.9 Å². The summed E-state index contributed by atoms with van der Waals surface area (Å²) < 4.78 is 0. The molecule has 9 nitrogen and oxygen atoms in total. The van der Waals surface area contributed by atoms with Gasteiger partial charge in [-0.05, 0) is 44.4 Å². The Bertz CT molecular complexity index is 954. The number of anilines is 2. The number of nitro groups is 1. The zero-order valence-electron chi connectivity index (χ0n) is 17.1. The third-order valence-corrected chi connectivity index (χ3v) is 5.15. The van der Waals surface area contributed by atoms with Gasteiger partial charge in [0, 0.05) is 42.1 Å². The van der Waals surface area contributed by atoms with Gasteiger partial charge in [0.1, 0.15) is 5.82 Å². The molecule has 0 spiro atoms. The van der Waals surface area contributed by atoms with Crippen molar-refractivity contribution in [2.45, 2.75) is 39.2 Å². The summed E-state index contributed by atoms with van der Waals surface area (Å²) >= 11 is 0. The van der Waals surface area contributed by atoms with E-state index in [4.69, 9.17) is 0 Å². The molecule has 0 saturated carbocycles. The van der Waals surface area contributed by atoms with Crippen LogP contribution < -0.4 is 15.5 Å². The standard InChI is InChI=1S/C21H25N5O4/c1-3-15-7-8-17(13-18(15)26(29)30)24-21(28)20(27)23-16-9-11-25(12-10-16)19-6-4-5-14(2)22-19/h4-8,13,16H,3,9-12H2,1-2H3,(H,23,27)(H,24,28). The van der Waals surface area contributed by atoms with Crippen molar-refractivity contribution in [2.75, 3.05) is 23.3 Å². The Morgan fingerprint density at radius 1 is 1.20 bits per heavy atom. The summed E-state index contributed by atoms with van der Waals surface area (Å²) in [4.78, 5) is 41.8. The normalized spacial score (nSPS) is 14.3. The maximum absolute atomic E-state index is 12.3. The average molecular weight is 411 g/mol. The number of nitrogens with zero attached hydrogens (tertiary/aromatic N) is 3. The van der Waals surface area contributed by atoms with Gasteiger partial charge in [-0.3, -0.25) is 19.7 Å². The number of piperidine rings is 1. The highest BCUT2D eigenvalue weighted by Crippen LogP contribution is 2.24. The van der Waals surface area contributed by atoms with Gasteiger partial charge in [0.2, 0.25) is 0 Å². The molecule has 1 aliphatic rings. The maximum atomic E-state index is 12.3. The minimum atomic E-state index is -0.837. The first-order chi connectivity index (χ1) is 14.4. The molecule has 0 aliphatic carbocycles. The van der Waals surface area contributed by atoms with Crippen LogP contribution in [0.25, 0.3) is 0 Å². The van der Waals surface area contributed by atoms with E-state index in [2.05, 4.69) is 20.5 Å². The number of aryl methyl sites for hydroxylation is 2. The lowest BCUT2D eigenvalue weighted by molar-refractivity contribution is -0.385. The number of hydrogen-bond acceptors (Lipinski definition) is 6. The highest BCUT2D eigenvalue weighted by molar-refractivity contribution is 6.39. The SMILES string of the molecule is CCc1ccc(NC(=O)C(=O)NC2CCN(c3cccc(C)n3)CC2)cc1[N+](=O)[O-]. The van der Waals surface area contributed by atoms with Gasteiger partial charge >= 0.3 is 11.8 Å². The molecule has 0 unspecified atom stereocenters. The molecule has 3 rings (SSSR count). The molecule has 1 aliphatic heterocycles. The second-order valence-electron chi connectivity index (χ2n) is 7.28. The molecule has 2 aromatic rings. The van der Waals surface area contributed by atoms with Crippen LogP contribution in [0.1, 0.15) is 31.0 Å². The average Bonchev–Trinajstić information content (AvgIpc) is 2.74. The fourth-order valence-electron chi connectivity index (χ4n) is 3.51. The zero-order chi connectivity index (χ0) is 21.7. The number of amides is 2. The number of rotatable bonds is 5. The van der Waals surface area contributed by atoms with E-state index in [1.165, 1.54) is 6.07 Å². The van der Waals surface area contributed by atoms with Gasteiger partial charge in [0.05, 0.1) is 4.92 Å². The van der Waals surface area contributed by atoms with Crippen molar-refractivity contribution in [1.29, 1.82) is 0 Å². The summed E-state index contributed by atoms with van der Waals surface area (Å²) in [5.41, 5.74) is 1.66. The molecule has 1 fully saturated rings. The molecule has 9 heteroatoms. The van der Waals surface area contributed by atoms with E-state index >= 15 is 0 Å². The maximum Gasteiger partial charge on any atom is 0.313 e. The molecule has 1 aromatic carbocycles. The van der Waals surface area contributed by atoms with Gasteiger partial charge in [0.15, 0.2) is 0 Å². The van der Waals surface area contributed by atoms with Gasteiger partial charge in [-0.2, -0.15) is 0 Å². The molecular weight excluding hydrogens is 386 g/mol. The largest absolute Gasteiger partial charge is 0.356 e. The van der Waals surface area contributed by atoms with E-state index in [0.717, 1.165) is 24.6 Å². The molecule has 1 saturated heterocycles. The van der Waals surface area contributed by atoms with Crippen molar-refractivity contribution in [3.8, 4) is 0 Å². The van der Waals surface area contributed by atoms with E-state index < -0.39 is 16.7 Å². The number of aromatic nitrogens is 1. The Balaban J connectivity index is 1.53. The van der Waals surface area contributed by atoms with Crippen LogP contribution in [0.4, 0.5) is 17.2 Å². The third-order valence-electron chi connectivity index (χ3n) is 5.15. The number of nitro benzene ring substituents is 1. The van der Waals surface area contributed by atoms with Gasteiger partial charge in [-0.15, -0.1) is 0 Å². The predicted octanol–water partition coefficient (Wildman–Crippen LogP) is 2.58. The number of carbonyl (C=O) groups excluding carboxylic acids is 2. The lowest BCUT2D eigenvalue weighted by Gasteiger charge is -2.33. The molecule has 0 atom stereocenters. The monoisotopic (exact) mass is 411 g/mol. The predicted molar refractivity (Wildman–Crippen MR) is 113 cm³/mol. The van der Waals surface area contributed by atoms with E-state index in [9.17, 15) is 19.7 Å². The molecule has 0 radical (unpaired) electrons. The number of pyridine rings is 1. The quantitative estimate of drug-likeness (QED) is 0.444. The highest BCUT2D eigenvalue weighted by atomic mass is 16.6. The van der Waals surface area contributed by atoms with Crippen molar-refractivity contribution >= 4 is 29.0 Å². The van der Waals surface area contributed by atoms with Crippen molar-refractivity contribution in [3.63, 3.8) is 0 Å². The van der Waals surface area contributed by atoms with Gasteiger partial charge in [-0.25, -0.2) is 4.98 Å². The number of benzene rings is 1. The topological polar surface area (TPSA) is 117 Å². The molecule has 2 amide bonds. The summed E-state index contributed by atoms with van der Waals surface area (Å²) in [6.07, 6.45) is 1.90. The fraction of sp³-hybridized carbons (Fsp3) is 0.381. The number of carbonyl (C=O) groups is 2. The van der Waals surface area contributed by atoms with Crippen molar-refractivity contribution in [1.82, 2.24) is 10.3 Å². The first-order valence-corrected chi connectivity index (χ1v) is 9.95. The smallest absolute Gasteiger partial charge is 0.313 e. The molecule has 0 bridgehead atoms. The van der Waals surface area contributed by atoms with E-state index in [1.807, 2.05) is 32.0 Å². The van der Waals surface area contributed by atoms with Gasteiger partial charge in [-0.1, -0.05) is 19.1 Å². The summed E-state index contributed by atoms with van der Waals surface area (Å²) in [7, 11) is 0. The molecule has 30 heavy (non-hydrogen) atoms. The molecular formula is C21H25N5O4. The molecule has 2 N–H and O–H groups in total. The van der Waals surface area contributed by atoms with Crippen LogP contribution in [0.3, 0.4) is 0 Å². The Morgan fingerprint density at radius 2 is 1.93 bits per heavy atom. The van der Waals surface area contributed by atoms with E-state index in [0.29, 0.717) is 24.8 Å². The van der Waals surface area contributed by atoms with Crippen molar-refractivity contribution in [3.05, 3.63) is 57.8 Å². The summed E-state index contributed by atoms with van der Waals surface area (Å²) in [5.74, 6) is -0.671.